The lowest BCUT2D eigenvalue weighted by atomic mass is 10.0. The number of alkyl halides is 2. The Morgan fingerprint density at radius 1 is 0.593 bits per heavy atom. The van der Waals surface area contributed by atoms with Crippen molar-refractivity contribution < 1.29 is 86.4 Å². The predicted molar refractivity (Wildman–Crippen MR) is 301 cm³/mol. The minimum atomic E-state index is -3.30. The fourth-order valence-electron chi connectivity index (χ4n) is 8.38. The number of primary amides is 1. The van der Waals surface area contributed by atoms with E-state index in [9.17, 15) is 86.4 Å². The zero-order chi connectivity index (χ0) is 65.1. The van der Waals surface area contributed by atoms with Crippen molar-refractivity contribution in [3.8, 4) is 0 Å². The summed E-state index contributed by atoms with van der Waals surface area (Å²) in [5.74, 6) is -13.4. The predicted octanol–water partition coefficient (Wildman–Crippen LogP) is -8.46. The van der Waals surface area contributed by atoms with Gasteiger partial charge in [0.25, 0.3) is 5.91 Å². The fourth-order valence-corrected chi connectivity index (χ4v) is 8.38. The Hall–Kier alpha value is -7.96. The Morgan fingerprint density at radius 3 is 1.70 bits per heavy atom. The molecule has 1 saturated heterocycles. The van der Waals surface area contributed by atoms with Gasteiger partial charge in [-0.3, -0.25) is 62.5 Å². The first-order valence-corrected chi connectivity index (χ1v) is 28.1. The Kier molecular flexibility index (Phi) is 36.4. The van der Waals surface area contributed by atoms with E-state index >= 15 is 0 Å². The Morgan fingerprint density at radius 2 is 1.13 bits per heavy atom. The summed E-state index contributed by atoms with van der Waals surface area (Å²) < 4.78 is 25.5. The maximum Gasteiger partial charge on any atom is 0.326 e. The maximum absolute atomic E-state index is 14.1. The van der Waals surface area contributed by atoms with Crippen LogP contribution in [-0.4, -0.2) is 222 Å². The quantitative estimate of drug-likeness (QED) is 0.0153. The number of aliphatic hydroxyl groups excluding tert-OH is 2. The van der Waals surface area contributed by atoms with Gasteiger partial charge < -0.3 is 108 Å². The number of guanidine groups is 1. The van der Waals surface area contributed by atoms with Gasteiger partial charge in [-0.2, -0.15) is 8.78 Å². The van der Waals surface area contributed by atoms with Crippen molar-refractivity contribution in [1.82, 2.24) is 58.1 Å². The van der Waals surface area contributed by atoms with Crippen molar-refractivity contribution in [2.45, 2.75) is 177 Å². The molecule has 0 radical (unpaired) electrons. The average Bonchev–Trinajstić information content (AvgIpc) is 2.92. The molecule has 0 aromatic carbocycles. The summed E-state index contributed by atoms with van der Waals surface area (Å²) in [5, 5.41) is 52.9. The molecule has 34 nitrogen and oxygen atoms in total. The largest absolute Gasteiger partial charge is 0.480 e. The molecule has 488 valence electrons. The van der Waals surface area contributed by atoms with E-state index in [-0.39, 0.29) is 103 Å². The van der Waals surface area contributed by atoms with Crippen molar-refractivity contribution in [3.63, 3.8) is 0 Å². The third-order valence-electron chi connectivity index (χ3n) is 13.1. The second-order valence-electron chi connectivity index (χ2n) is 20.2. The number of aliphatic imine (C=N–C) groups is 1. The number of carboxylic acids is 1. The number of aliphatic carboxylic acids is 1. The van der Waals surface area contributed by atoms with Gasteiger partial charge in [-0.05, 0) is 110 Å². The number of carbonyl (C=O) groups excluding carboxylic acids is 12. The second kappa shape index (κ2) is 41.2. The minimum Gasteiger partial charge on any atom is -0.480 e. The number of nitrogens with two attached hydrogens (primary N) is 6. The van der Waals surface area contributed by atoms with Crippen LogP contribution in [-0.2, 0) is 62.3 Å². The van der Waals surface area contributed by atoms with Crippen LogP contribution in [0.15, 0.2) is 4.99 Å². The van der Waals surface area contributed by atoms with Gasteiger partial charge in [-0.25, -0.2) is 4.79 Å². The number of nitrogens with one attached hydrogen (secondary N) is 10. The average molecular weight is 1240 g/mol. The van der Waals surface area contributed by atoms with Gasteiger partial charge in [0.05, 0.1) is 31.8 Å². The van der Waals surface area contributed by atoms with Crippen molar-refractivity contribution in [2.24, 2.45) is 39.4 Å². The summed E-state index contributed by atoms with van der Waals surface area (Å²) >= 11 is 0. The third-order valence-corrected chi connectivity index (χ3v) is 13.1. The van der Waals surface area contributed by atoms with Crippen molar-refractivity contribution in [1.29, 1.82) is 0 Å². The number of likely N-dealkylation sites (tertiary alicyclic amines) is 1. The van der Waals surface area contributed by atoms with E-state index < -0.39 is 163 Å². The highest BCUT2D eigenvalue weighted by Crippen LogP contribution is 2.20. The molecule has 86 heavy (non-hydrogen) atoms. The highest BCUT2D eigenvalue weighted by molar-refractivity contribution is 5.98. The monoisotopic (exact) mass is 1230 g/mol. The summed E-state index contributed by atoms with van der Waals surface area (Å²) in [6.45, 7) is 0.173. The normalized spacial score (nSPS) is 15.9. The zero-order valence-electron chi connectivity index (χ0n) is 48.4. The molecule has 1 rings (SSSR count). The lowest BCUT2D eigenvalue weighted by Crippen LogP contribution is -2.59. The molecule has 0 aromatic rings. The fraction of sp³-hybridized carbons (Fsp3) is 0.720. The molecule has 0 unspecified atom stereocenters. The van der Waals surface area contributed by atoms with Gasteiger partial charge in [0, 0.05) is 26.1 Å². The molecule has 10 atom stereocenters. The second-order valence-corrected chi connectivity index (χ2v) is 20.2. The van der Waals surface area contributed by atoms with Crippen LogP contribution in [0.4, 0.5) is 8.78 Å². The standard InChI is InChI=1S/C50H88F2N18O16/c1-26(48(84)70-22-10-15-34(70)45(81)66-31(14-9-21-60-50(57)58)42(78)65-30(12-4-7-19-54)43(79)67-32(49(85)86)16-17-35(56)73)63-41(77)29(13-5-8-20-59-47(83)39(51)52)64-37(75)24-61-36(74)23-62-46(82)38(27(2)72)69-44(80)33(25-71)68-40(76)28(55)11-3-6-18-53/h26-34,38-39,71-72H,3-25,53-55H2,1-2H3,(H2,56,73)(H,59,83)(H,61,74)(H,62,82)(H,63,77)(H,64,75)(H,65,78)(H,66,81)(H,67,79)(H,68,76)(H,69,80)(H,85,86)(H4,57,58,60)/t26-,27+,28-,29-,30-,31-,32-,33-,34-,38-/m0/s1. The van der Waals surface area contributed by atoms with Crippen LogP contribution in [0.2, 0.25) is 0 Å². The van der Waals surface area contributed by atoms with Crippen LogP contribution in [0, 0.1) is 0 Å². The number of nitrogens with zero attached hydrogens (tertiary/aromatic N) is 2. The van der Waals surface area contributed by atoms with Crippen LogP contribution in [0.1, 0.15) is 110 Å². The van der Waals surface area contributed by atoms with E-state index in [2.05, 4.69) is 52.8 Å². The summed E-state index contributed by atoms with van der Waals surface area (Å²) in [6, 6.07) is -12.7. The number of amides is 12. The molecule has 0 bridgehead atoms. The molecule has 1 heterocycles. The Bertz CT molecular complexity index is 2320. The molecule has 0 saturated carbocycles. The smallest absolute Gasteiger partial charge is 0.326 e. The number of halogens is 2. The van der Waals surface area contributed by atoms with Crippen LogP contribution >= 0.6 is 0 Å². The summed E-state index contributed by atoms with van der Waals surface area (Å²) in [5.41, 5.74) is 33.0. The van der Waals surface area contributed by atoms with E-state index in [1.807, 2.05) is 5.32 Å². The van der Waals surface area contributed by atoms with Crippen LogP contribution in [0.5, 0.6) is 0 Å². The SMILES string of the molecule is C[C@H](NC(=O)[C@H](CCCCNC(=O)C(F)F)NC(=O)CNC(=O)CNC(=O)[C@@H](NC(=O)[C@H](CO)NC(=O)[C@@H](N)CCCCN)[C@@H](C)O)C(=O)N1CCC[C@H]1C(=O)N[C@@H](CCCN=C(N)N)C(=O)N[C@@H](CCCCN)C(=O)N[C@@H](CCC(N)=O)C(=O)O. The summed E-state index contributed by atoms with van der Waals surface area (Å²) in [4.78, 5) is 173. The van der Waals surface area contributed by atoms with Gasteiger partial charge in [0.2, 0.25) is 65.0 Å². The number of hydrogen-bond acceptors (Lipinski definition) is 19. The van der Waals surface area contributed by atoms with Crippen molar-refractivity contribution in [3.05, 3.63) is 0 Å². The summed E-state index contributed by atoms with van der Waals surface area (Å²) in [7, 11) is 0. The minimum absolute atomic E-state index is 0.00179. The molecule has 36 heteroatoms. The first-order valence-electron chi connectivity index (χ1n) is 28.1. The van der Waals surface area contributed by atoms with Gasteiger partial charge in [-0.1, -0.05) is 6.42 Å². The van der Waals surface area contributed by atoms with Gasteiger partial charge in [-0.15, -0.1) is 0 Å². The van der Waals surface area contributed by atoms with E-state index in [0.717, 1.165) is 11.8 Å². The van der Waals surface area contributed by atoms with E-state index in [1.54, 1.807) is 0 Å². The van der Waals surface area contributed by atoms with Gasteiger partial charge >= 0.3 is 12.4 Å². The molecule has 1 aliphatic heterocycles. The molecular weight excluding hydrogens is 1150 g/mol. The maximum atomic E-state index is 14.1. The van der Waals surface area contributed by atoms with Gasteiger partial charge in [0.1, 0.15) is 48.3 Å². The van der Waals surface area contributed by atoms with Crippen LogP contribution in [0.3, 0.4) is 0 Å². The number of hydrogen-bond donors (Lipinski definition) is 19. The number of rotatable bonds is 43. The lowest BCUT2D eigenvalue weighted by molar-refractivity contribution is -0.143. The molecular formula is C50H88F2N18O16. The van der Waals surface area contributed by atoms with Crippen molar-refractivity contribution >= 4 is 82.8 Å². The van der Waals surface area contributed by atoms with Gasteiger partial charge in [0.15, 0.2) is 5.96 Å². The zero-order valence-corrected chi connectivity index (χ0v) is 48.4. The molecule has 12 amide bonds. The Balaban J connectivity index is 3.22. The molecule has 1 fully saturated rings. The molecule has 25 N–H and O–H groups in total. The van der Waals surface area contributed by atoms with Crippen LogP contribution < -0.4 is 87.6 Å². The number of carbonyl (C=O) groups is 13. The number of aliphatic hydroxyl groups is 2. The van der Waals surface area contributed by atoms with Crippen LogP contribution in [0.25, 0.3) is 0 Å². The van der Waals surface area contributed by atoms with E-state index in [1.165, 1.54) is 6.92 Å². The Labute approximate surface area is 495 Å². The van der Waals surface area contributed by atoms with E-state index in [4.69, 9.17) is 34.4 Å². The lowest BCUT2D eigenvalue weighted by Gasteiger charge is -2.30. The first-order chi connectivity index (χ1) is 40.6. The first kappa shape index (κ1) is 76.1. The third kappa shape index (κ3) is 29.7. The molecule has 0 spiro atoms. The highest BCUT2D eigenvalue weighted by Gasteiger charge is 2.39. The number of carboxylic acid groups (broad SMARTS) is 1. The highest BCUT2D eigenvalue weighted by atomic mass is 19.3. The van der Waals surface area contributed by atoms with E-state index in [0.29, 0.717) is 32.2 Å². The number of unbranched alkanes of at least 4 members (excludes halogenated alkanes) is 3. The topological polar surface area (TPSA) is 575 Å². The summed E-state index contributed by atoms with van der Waals surface area (Å²) in [6.07, 6.45) is -3.40. The molecule has 1 aliphatic rings. The van der Waals surface area contributed by atoms with Crippen molar-refractivity contribution in [2.75, 3.05) is 52.4 Å². The molecule has 0 aromatic heterocycles. The molecule has 0 aliphatic carbocycles.